The fourth-order valence-electron chi connectivity index (χ4n) is 1.70. The zero-order valence-electron chi connectivity index (χ0n) is 11.6. The van der Waals surface area contributed by atoms with Gasteiger partial charge in [0.1, 0.15) is 4.90 Å². The van der Waals surface area contributed by atoms with Crippen molar-refractivity contribution >= 4 is 50.7 Å². The maximum absolute atomic E-state index is 12.6. The van der Waals surface area contributed by atoms with Crippen molar-refractivity contribution in [3.05, 3.63) is 22.2 Å². The Hall–Kier alpha value is -0.140. The summed E-state index contributed by atoms with van der Waals surface area (Å²) >= 11 is 13.5. The summed E-state index contributed by atoms with van der Waals surface area (Å²) in [7, 11) is -2.21. The summed E-state index contributed by atoms with van der Waals surface area (Å²) in [5, 5.41) is 0.350. The summed E-state index contributed by atoms with van der Waals surface area (Å²) in [5.41, 5.74) is 5.83. The summed E-state index contributed by atoms with van der Waals surface area (Å²) < 4.78 is 26.5. The molecule has 0 fully saturated rings. The van der Waals surface area contributed by atoms with Crippen molar-refractivity contribution in [2.75, 3.05) is 24.8 Å². The molecule has 0 heterocycles. The van der Waals surface area contributed by atoms with E-state index in [1.54, 1.807) is 11.8 Å². The van der Waals surface area contributed by atoms with Gasteiger partial charge in [0.05, 0.1) is 10.7 Å². The number of anilines is 1. The summed E-state index contributed by atoms with van der Waals surface area (Å²) in [5.74, 6) is 0.880. The molecule has 0 amide bonds. The second-order valence-electron chi connectivity index (χ2n) is 4.46. The topological polar surface area (TPSA) is 63.4 Å². The third kappa shape index (κ3) is 3.95. The van der Waals surface area contributed by atoms with Crippen LogP contribution in [-0.2, 0) is 10.0 Å². The molecule has 1 aromatic rings. The minimum absolute atomic E-state index is 0.0407. The van der Waals surface area contributed by atoms with Crippen molar-refractivity contribution in [3.8, 4) is 0 Å². The average molecular weight is 357 g/mol. The smallest absolute Gasteiger partial charge is 0.246 e. The van der Waals surface area contributed by atoms with Crippen LogP contribution in [0.3, 0.4) is 0 Å². The first kappa shape index (κ1) is 17.9. The second kappa shape index (κ2) is 7.22. The van der Waals surface area contributed by atoms with Crippen molar-refractivity contribution in [3.63, 3.8) is 0 Å². The third-order valence-corrected chi connectivity index (χ3v) is 6.40. The highest BCUT2D eigenvalue weighted by molar-refractivity contribution is 7.98. The van der Waals surface area contributed by atoms with E-state index in [9.17, 15) is 8.42 Å². The number of nitrogen functional groups attached to an aromatic ring is 1. The van der Waals surface area contributed by atoms with Crippen LogP contribution < -0.4 is 5.73 Å². The fourth-order valence-corrected chi connectivity index (χ4v) is 4.61. The maximum atomic E-state index is 12.6. The van der Waals surface area contributed by atoms with Gasteiger partial charge in [0, 0.05) is 18.1 Å². The number of rotatable bonds is 6. The van der Waals surface area contributed by atoms with Gasteiger partial charge in [-0.25, -0.2) is 8.42 Å². The van der Waals surface area contributed by atoms with Crippen molar-refractivity contribution < 1.29 is 8.42 Å². The predicted molar refractivity (Wildman–Crippen MR) is 88.3 cm³/mol. The zero-order chi connectivity index (χ0) is 15.5. The quantitative estimate of drug-likeness (QED) is 0.793. The van der Waals surface area contributed by atoms with Crippen LogP contribution in [0.1, 0.15) is 13.3 Å². The highest BCUT2D eigenvalue weighted by Gasteiger charge is 2.29. The molecule has 1 atom stereocenters. The van der Waals surface area contributed by atoms with Gasteiger partial charge in [-0.3, -0.25) is 0 Å². The van der Waals surface area contributed by atoms with E-state index >= 15 is 0 Å². The Labute approximate surface area is 134 Å². The van der Waals surface area contributed by atoms with Gasteiger partial charge in [0.25, 0.3) is 0 Å². The van der Waals surface area contributed by atoms with Crippen LogP contribution in [0.15, 0.2) is 17.0 Å². The summed E-state index contributed by atoms with van der Waals surface area (Å²) in [6.07, 6.45) is 2.73. The van der Waals surface area contributed by atoms with Gasteiger partial charge in [-0.05, 0) is 37.5 Å². The number of nitrogens with two attached hydrogens (primary N) is 1. The monoisotopic (exact) mass is 356 g/mol. The lowest BCUT2D eigenvalue weighted by molar-refractivity contribution is 0.382. The van der Waals surface area contributed by atoms with Gasteiger partial charge in [0.2, 0.25) is 10.0 Å². The van der Waals surface area contributed by atoms with Crippen molar-refractivity contribution in [1.82, 2.24) is 4.31 Å². The van der Waals surface area contributed by atoms with E-state index in [1.807, 2.05) is 13.2 Å². The van der Waals surface area contributed by atoms with E-state index in [2.05, 4.69) is 0 Å². The van der Waals surface area contributed by atoms with Gasteiger partial charge < -0.3 is 5.73 Å². The number of thioether (sulfide) groups is 1. The van der Waals surface area contributed by atoms with Crippen LogP contribution in [0.5, 0.6) is 0 Å². The average Bonchev–Trinajstić information content (AvgIpc) is 2.33. The summed E-state index contributed by atoms with van der Waals surface area (Å²) in [4.78, 5) is -0.0814. The van der Waals surface area contributed by atoms with Crippen LogP contribution in [0, 0.1) is 0 Å². The largest absolute Gasteiger partial charge is 0.398 e. The molecule has 114 valence electrons. The second-order valence-corrected chi connectivity index (χ2v) is 8.22. The van der Waals surface area contributed by atoms with Gasteiger partial charge in [-0.1, -0.05) is 23.2 Å². The van der Waals surface area contributed by atoms with Gasteiger partial charge in [0.15, 0.2) is 0 Å². The van der Waals surface area contributed by atoms with Crippen molar-refractivity contribution in [2.24, 2.45) is 0 Å². The Balaban J connectivity index is 3.17. The first-order valence-corrected chi connectivity index (χ1v) is 9.52. The first-order chi connectivity index (χ1) is 9.21. The van der Waals surface area contributed by atoms with E-state index in [4.69, 9.17) is 28.9 Å². The standard InChI is InChI=1S/C12H18Cl2N2O2S2/c1-8(4-5-19-3)16(2)20(17,18)12-10(14)6-9(13)7-11(12)15/h6-8H,4-5,15H2,1-3H3. The SMILES string of the molecule is CSCCC(C)N(C)S(=O)(=O)c1c(N)cc(Cl)cc1Cl. The highest BCUT2D eigenvalue weighted by atomic mass is 35.5. The number of benzene rings is 1. The van der Waals surface area contributed by atoms with E-state index in [-0.39, 0.29) is 21.6 Å². The highest BCUT2D eigenvalue weighted by Crippen LogP contribution is 2.33. The number of nitrogens with zero attached hydrogens (tertiary/aromatic N) is 1. The van der Waals surface area contributed by atoms with Crippen LogP contribution >= 0.6 is 35.0 Å². The van der Waals surface area contributed by atoms with E-state index < -0.39 is 10.0 Å². The predicted octanol–water partition coefficient (Wildman–Crippen LogP) is 3.34. The molecular weight excluding hydrogens is 339 g/mol. The van der Waals surface area contributed by atoms with Gasteiger partial charge >= 0.3 is 0 Å². The molecule has 1 rings (SSSR count). The molecule has 0 aliphatic carbocycles. The van der Waals surface area contributed by atoms with Crippen LogP contribution in [0.2, 0.25) is 10.0 Å². The Kier molecular flexibility index (Phi) is 6.47. The number of halogens is 2. The fraction of sp³-hybridized carbons (Fsp3) is 0.500. The molecule has 8 heteroatoms. The Morgan fingerprint density at radius 1 is 1.40 bits per heavy atom. The Morgan fingerprint density at radius 3 is 2.50 bits per heavy atom. The summed E-state index contributed by atoms with van der Waals surface area (Å²) in [6.45, 7) is 1.85. The molecule has 20 heavy (non-hydrogen) atoms. The maximum Gasteiger partial charge on any atom is 0.246 e. The van der Waals surface area contributed by atoms with Crippen LogP contribution in [0.25, 0.3) is 0 Å². The minimum atomic E-state index is -3.74. The number of hydrogen-bond donors (Lipinski definition) is 1. The normalized spacial score (nSPS) is 13.7. The Bertz CT molecular complexity index is 556. The van der Waals surface area contributed by atoms with Gasteiger partial charge in [-0.2, -0.15) is 16.1 Å². The molecule has 0 aliphatic heterocycles. The molecular formula is C12H18Cl2N2O2S2. The van der Waals surface area contributed by atoms with Gasteiger partial charge in [-0.15, -0.1) is 0 Å². The molecule has 0 aromatic heterocycles. The molecule has 1 aromatic carbocycles. The molecule has 1 unspecified atom stereocenters. The molecule has 0 spiro atoms. The molecule has 0 aliphatic rings. The Morgan fingerprint density at radius 2 is 2.00 bits per heavy atom. The molecule has 0 radical (unpaired) electrons. The van der Waals surface area contributed by atoms with E-state index in [1.165, 1.54) is 23.5 Å². The third-order valence-electron chi connectivity index (χ3n) is 3.03. The molecule has 2 N–H and O–H groups in total. The lowest BCUT2D eigenvalue weighted by atomic mass is 10.3. The minimum Gasteiger partial charge on any atom is -0.398 e. The van der Waals surface area contributed by atoms with Crippen LogP contribution in [0.4, 0.5) is 5.69 Å². The lowest BCUT2D eigenvalue weighted by Crippen LogP contribution is -2.36. The molecule has 4 nitrogen and oxygen atoms in total. The number of hydrogen-bond acceptors (Lipinski definition) is 4. The van der Waals surface area contributed by atoms with Crippen LogP contribution in [-0.4, -0.2) is 37.8 Å². The van der Waals surface area contributed by atoms with Crippen molar-refractivity contribution in [2.45, 2.75) is 24.3 Å². The lowest BCUT2D eigenvalue weighted by Gasteiger charge is -2.25. The summed E-state index contributed by atoms with van der Waals surface area (Å²) in [6, 6.07) is 2.63. The molecule has 0 bridgehead atoms. The van der Waals surface area contributed by atoms with Crippen molar-refractivity contribution in [1.29, 1.82) is 0 Å². The first-order valence-electron chi connectivity index (χ1n) is 5.93. The van der Waals surface area contributed by atoms with E-state index in [0.717, 1.165) is 12.2 Å². The number of sulfonamides is 1. The van der Waals surface area contributed by atoms with E-state index in [0.29, 0.717) is 5.02 Å². The molecule has 0 saturated carbocycles. The zero-order valence-corrected chi connectivity index (χ0v) is 14.7. The molecule has 0 saturated heterocycles.